The predicted molar refractivity (Wildman–Crippen MR) is 84.1 cm³/mol. The number of benzene rings is 1. The lowest BCUT2D eigenvalue weighted by atomic mass is 10.1. The Bertz CT molecular complexity index is 576. The molecule has 0 bridgehead atoms. The number of hydrogen-bond donors (Lipinski definition) is 0. The van der Waals surface area contributed by atoms with Crippen molar-refractivity contribution in [2.75, 3.05) is 28.2 Å². The lowest BCUT2D eigenvalue weighted by Gasteiger charge is -2.22. The molecule has 21 heavy (non-hydrogen) atoms. The van der Waals surface area contributed by atoms with Gasteiger partial charge < -0.3 is 9.80 Å². The van der Waals surface area contributed by atoms with Crippen LogP contribution >= 0.6 is 0 Å². The Kier molecular flexibility index (Phi) is 4.92. The van der Waals surface area contributed by atoms with E-state index in [1.54, 1.807) is 12.7 Å². The number of nitrogens with zero attached hydrogens (tertiary/aromatic N) is 6. The average molecular weight is 286 g/mol. The molecule has 0 amide bonds. The maximum absolute atomic E-state index is 4.71. The third-order valence-electron chi connectivity index (χ3n) is 3.11. The highest BCUT2D eigenvalue weighted by Crippen LogP contribution is 2.12. The summed E-state index contributed by atoms with van der Waals surface area (Å²) in [6.45, 7) is 1.36. The Hall–Kier alpha value is -2.37. The van der Waals surface area contributed by atoms with Crippen LogP contribution in [0.5, 0.6) is 0 Å². The standard InChI is InChI=1S/C15H22N6/c1-19(2)15(20(3)4)17-9-13-7-5-6-8-14(13)10-21-12-16-11-18-21/h5-8,11-12H,9-10H2,1-4H3. The smallest absolute Gasteiger partial charge is 0.195 e. The summed E-state index contributed by atoms with van der Waals surface area (Å²) in [6, 6.07) is 8.30. The summed E-state index contributed by atoms with van der Waals surface area (Å²) in [5.41, 5.74) is 2.41. The van der Waals surface area contributed by atoms with Gasteiger partial charge >= 0.3 is 0 Å². The number of rotatable bonds is 4. The molecule has 0 fully saturated rings. The van der Waals surface area contributed by atoms with Gasteiger partial charge in [-0.1, -0.05) is 24.3 Å². The summed E-state index contributed by atoms with van der Waals surface area (Å²) in [7, 11) is 8.00. The van der Waals surface area contributed by atoms with Crippen LogP contribution in [0.1, 0.15) is 11.1 Å². The predicted octanol–water partition coefficient (Wildman–Crippen LogP) is 1.31. The summed E-state index contributed by atoms with van der Waals surface area (Å²) < 4.78 is 1.82. The molecule has 0 saturated carbocycles. The van der Waals surface area contributed by atoms with Crippen LogP contribution in [0, 0.1) is 0 Å². The molecular formula is C15H22N6. The average Bonchev–Trinajstić information content (AvgIpc) is 2.93. The van der Waals surface area contributed by atoms with Crippen molar-refractivity contribution in [3.8, 4) is 0 Å². The van der Waals surface area contributed by atoms with E-state index in [1.807, 2.05) is 54.8 Å². The minimum atomic E-state index is 0.649. The molecule has 0 aliphatic rings. The number of aromatic nitrogens is 3. The molecule has 6 heteroatoms. The van der Waals surface area contributed by atoms with Gasteiger partial charge in [-0.3, -0.25) is 0 Å². The van der Waals surface area contributed by atoms with Gasteiger partial charge in [0.1, 0.15) is 12.7 Å². The molecule has 0 N–H and O–H groups in total. The minimum Gasteiger partial charge on any atom is -0.349 e. The van der Waals surface area contributed by atoms with Crippen molar-refractivity contribution in [3.05, 3.63) is 48.0 Å². The number of guanidine groups is 1. The topological polar surface area (TPSA) is 49.6 Å². The van der Waals surface area contributed by atoms with Crippen LogP contribution < -0.4 is 0 Å². The third-order valence-corrected chi connectivity index (χ3v) is 3.11. The van der Waals surface area contributed by atoms with E-state index < -0.39 is 0 Å². The molecule has 0 radical (unpaired) electrons. The van der Waals surface area contributed by atoms with E-state index in [4.69, 9.17) is 4.99 Å². The maximum atomic E-state index is 4.71. The van der Waals surface area contributed by atoms with E-state index in [-0.39, 0.29) is 0 Å². The fourth-order valence-corrected chi connectivity index (χ4v) is 2.19. The molecular weight excluding hydrogens is 264 g/mol. The zero-order chi connectivity index (χ0) is 15.2. The zero-order valence-corrected chi connectivity index (χ0v) is 13.1. The Morgan fingerprint density at radius 1 is 1.10 bits per heavy atom. The first-order valence-corrected chi connectivity index (χ1v) is 6.86. The van der Waals surface area contributed by atoms with Crippen molar-refractivity contribution < 1.29 is 0 Å². The highest BCUT2D eigenvalue weighted by atomic mass is 15.3. The lowest BCUT2D eigenvalue weighted by molar-refractivity contribution is 0.479. The van der Waals surface area contributed by atoms with Gasteiger partial charge in [0.15, 0.2) is 5.96 Å². The van der Waals surface area contributed by atoms with E-state index in [1.165, 1.54) is 11.1 Å². The van der Waals surface area contributed by atoms with E-state index >= 15 is 0 Å². The number of aliphatic imine (C=N–C) groups is 1. The molecule has 0 saturated heterocycles. The molecule has 1 heterocycles. The van der Waals surface area contributed by atoms with Gasteiger partial charge in [0.05, 0.1) is 13.1 Å². The Morgan fingerprint density at radius 2 is 1.76 bits per heavy atom. The monoisotopic (exact) mass is 286 g/mol. The second-order valence-corrected chi connectivity index (χ2v) is 5.27. The van der Waals surface area contributed by atoms with Crippen molar-refractivity contribution in [1.82, 2.24) is 24.6 Å². The van der Waals surface area contributed by atoms with Gasteiger partial charge in [-0.25, -0.2) is 14.7 Å². The van der Waals surface area contributed by atoms with Crippen molar-refractivity contribution in [3.63, 3.8) is 0 Å². The second kappa shape index (κ2) is 6.88. The molecule has 0 aliphatic heterocycles. The summed E-state index contributed by atoms with van der Waals surface area (Å²) in [5, 5.41) is 4.16. The zero-order valence-electron chi connectivity index (χ0n) is 13.1. The number of hydrogen-bond acceptors (Lipinski definition) is 3. The van der Waals surface area contributed by atoms with E-state index in [0.717, 1.165) is 5.96 Å². The highest BCUT2D eigenvalue weighted by molar-refractivity contribution is 5.79. The molecule has 0 aliphatic carbocycles. The molecule has 6 nitrogen and oxygen atoms in total. The molecule has 0 spiro atoms. The van der Waals surface area contributed by atoms with Crippen LogP contribution in [0.4, 0.5) is 0 Å². The van der Waals surface area contributed by atoms with Gasteiger partial charge in [0, 0.05) is 28.2 Å². The van der Waals surface area contributed by atoms with Crippen molar-refractivity contribution in [2.24, 2.45) is 4.99 Å². The van der Waals surface area contributed by atoms with Crippen LogP contribution in [-0.4, -0.2) is 58.7 Å². The lowest BCUT2D eigenvalue weighted by Crippen LogP contribution is -2.35. The van der Waals surface area contributed by atoms with E-state index in [2.05, 4.69) is 22.2 Å². The largest absolute Gasteiger partial charge is 0.349 e. The molecule has 0 atom stereocenters. The van der Waals surface area contributed by atoms with Gasteiger partial charge in [0.2, 0.25) is 0 Å². The SMILES string of the molecule is CN(C)C(=NCc1ccccc1Cn1cncn1)N(C)C. The Morgan fingerprint density at radius 3 is 2.33 bits per heavy atom. The van der Waals surface area contributed by atoms with Crippen molar-refractivity contribution >= 4 is 5.96 Å². The van der Waals surface area contributed by atoms with Crippen LogP contribution in [0.2, 0.25) is 0 Å². The fraction of sp³-hybridized carbons (Fsp3) is 0.400. The van der Waals surface area contributed by atoms with Crippen molar-refractivity contribution in [1.29, 1.82) is 0 Å². The summed E-state index contributed by atoms with van der Waals surface area (Å²) in [5.74, 6) is 0.950. The van der Waals surface area contributed by atoms with E-state index in [9.17, 15) is 0 Å². The molecule has 1 aromatic heterocycles. The van der Waals surface area contributed by atoms with Gasteiger partial charge in [-0.15, -0.1) is 0 Å². The third kappa shape index (κ3) is 4.05. The van der Waals surface area contributed by atoms with Crippen LogP contribution in [0.3, 0.4) is 0 Å². The van der Waals surface area contributed by atoms with Crippen LogP contribution in [0.15, 0.2) is 41.9 Å². The summed E-state index contributed by atoms with van der Waals surface area (Å²) >= 11 is 0. The van der Waals surface area contributed by atoms with Gasteiger partial charge in [0.25, 0.3) is 0 Å². The second-order valence-electron chi connectivity index (χ2n) is 5.27. The molecule has 2 aromatic rings. The summed E-state index contributed by atoms with van der Waals surface area (Å²) in [4.78, 5) is 12.7. The molecule has 0 unspecified atom stereocenters. The van der Waals surface area contributed by atoms with Gasteiger partial charge in [-0.2, -0.15) is 5.10 Å². The first-order chi connectivity index (χ1) is 10.1. The quantitative estimate of drug-likeness (QED) is 0.628. The first-order valence-electron chi connectivity index (χ1n) is 6.86. The first kappa shape index (κ1) is 15.0. The normalized spacial score (nSPS) is 10.3. The fourth-order valence-electron chi connectivity index (χ4n) is 2.19. The maximum Gasteiger partial charge on any atom is 0.195 e. The summed E-state index contributed by atoms with van der Waals surface area (Å²) in [6.07, 6.45) is 3.28. The van der Waals surface area contributed by atoms with Crippen molar-refractivity contribution in [2.45, 2.75) is 13.1 Å². The van der Waals surface area contributed by atoms with E-state index in [0.29, 0.717) is 13.1 Å². The highest BCUT2D eigenvalue weighted by Gasteiger charge is 2.06. The van der Waals surface area contributed by atoms with Gasteiger partial charge in [-0.05, 0) is 11.1 Å². The molecule has 112 valence electrons. The molecule has 2 rings (SSSR count). The molecule has 1 aromatic carbocycles. The van der Waals surface area contributed by atoms with Crippen LogP contribution in [-0.2, 0) is 13.1 Å². The minimum absolute atomic E-state index is 0.649. The Balaban J connectivity index is 2.18. The van der Waals surface area contributed by atoms with Crippen LogP contribution in [0.25, 0.3) is 0 Å². The Labute approximate surface area is 125 Å².